The summed E-state index contributed by atoms with van der Waals surface area (Å²) in [6.45, 7) is 2.02. The first-order valence-electron chi connectivity index (χ1n) is 2.70. The van der Waals surface area contributed by atoms with Gasteiger partial charge in [-0.25, -0.2) is 0 Å². The Balaban J connectivity index is 2.85. The second kappa shape index (κ2) is 2.92. The van der Waals surface area contributed by atoms with E-state index in [4.69, 9.17) is 0 Å². The fraction of sp³-hybridized carbons (Fsp3) is 0.333. The van der Waals surface area contributed by atoms with Crippen LogP contribution in [-0.4, -0.2) is 9.97 Å². The number of alkyl halides is 1. The molecule has 0 aliphatic rings. The molecule has 9 heavy (non-hydrogen) atoms. The second-order valence-electron chi connectivity index (χ2n) is 1.75. The normalized spacial score (nSPS) is 13.1. The molecule has 0 radical (unpaired) electrons. The van der Waals surface area contributed by atoms with Gasteiger partial charge in [-0.15, -0.1) is 0 Å². The Bertz CT molecular complexity index is 174. The lowest BCUT2D eigenvalue weighted by Gasteiger charge is -1.97. The van der Waals surface area contributed by atoms with Crippen LogP contribution in [0.15, 0.2) is 18.6 Å². The first-order valence-corrected chi connectivity index (χ1v) is 3.62. The third kappa shape index (κ3) is 1.75. The van der Waals surface area contributed by atoms with Gasteiger partial charge in [0, 0.05) is 18.6 Å². The first-order chi connectivity index (χ1) is 4.30. The van der Waals surface area contributed by atoms with E-state index >= 15 is 0 Å². The van der Waals surface area contributed by atoms with E-state index < -0.39 is 0 Å². The van der Waals surface area contributed by atoms with E-state index in [2.05, 4.69) is 25.9 Å². The topological polar surface area (TPSA) is 25.8 Å². The number of hydrogen-bond donors (Lipinski definition) is 0. The molecule has 2 nitrogen and oxygen atoms in total. The Morgan fingerprint density at radius 2 is 2.33 bits per heavy atom. The van der Waals surface area contributed by atoms with Gasteiger partial charge in [-0.3, -0.25) is 9.97 Å². The van der Waals surface area contributed by atoms with Crippen molar-refractivity contribution in [2.45, 2.75) is 11.8 Å². The van der Waals surface area contributed by atoms with Gasteiger partial charge in [0.05, 0.1) is 10.5 Å². The van der Waals surface area contributed by atoms with Crippen LogP contribution in [0.2, 0.25) is 0 Å². The SMILES string of the molecule is CC(Br)c1cnccn1. The Hall–Kier alpha value is -0.440. The fourth-order valence-corrected chi connectivity index (χ4v) is 0.752. The molecule has 0 N–H and O–H groups in total. The van der Waals surface area contributed by atoms with Crippen LogP contribution in [0.3, 0.4) is 0 Å². The van der Waals surface area contributed by atoms with Gasteiger partial charge in [-0.1, -0.05) is 15.9 Å². The molecule has 0 spiro atoms. The summed E-state index contributed by atoms with van der Waals surface area (Å²) in [7, 11) is 0. The zero-order valence-electron chi connectivity index (χ0n) is 5.08. The third-order valence-corrected chi connectivity index (χ3v) is 1.46. The number of hydrogen-bond acceptors (Lipinski definition) is 2. The highest BCUT2D eigenvalue weighted by Gasteiger charge is 1.98. The van der Waals surface area contributed by atoms with Crippen molar-refractivity contribution in [3.8, 4) is 0 Å². The van der Waals surface area contributed by atoms with Crippen molar-refractivity contribution in [1.29, 1.82) is 0 Å². The van der Waals surface area contributed by atoms with E-state index in [-0.39, 0.29) is 0 Å². The Labute approximate surface area is 62.5 Å². The standard InChI is InChI=1S/C6H7BrN2/c1-5(7)6-4-8-2-3-9-6/h2-5H,1H3. The maximum Gasteiger partial charge on any atom is 0.0720 e. The Morgan fingerprint density at radius 1 is 1.56 bits per heavy atom. The van der Waals surface area contributed by atoms with Gasteiger partial charge in [0.1, 0.15) is 0 Å². The van der Waals surface area contributed by atoms with Crippen LogP contribution in [0.25, 0.3) is 0 Å². The highest BCUT2D eigenvalue weighted by Crippen LogP contribution is 2.16. The summed E-state index contributed by atoms with van der Waals surface area (Å²) in [4.78, 5) is 8.28. The molecule has 0 amide bonds. The summed E-state index contributed by atoms with van der Waals surface area (Å²) >= 11 is 3.38. The van der Waals surface area contributed by atoms with Gasteiger partial charge in [0.15, 0.2) is 0 Å². The van der Waals surface area contributed by atoms with Gasteiger partial charge in [0.25, 0.3) is 0 Å². The van der Waals surface area contributed by atoms with Crippen molar-refractivity contribution in [2.75, 3.05) is 0 Å². The van der Waals surface area contributed by atoms with E-state index in [9.17, 15) is 0 Å². The van der Waals surface area contributed by atoms with Crippen LogP contribution >= 0.6 is 15.9 Å². The lowest BCUT2D eigenvalue weighted by atomic mass is 10.4. The second-order valence-corrected chi connectivity index (χ2v) is 3.12. The molecule has 0 aliphatic heterocycles. The largest absolute Gasteiger partial charge is 0.261 e. The van der Waals surface area contributed by atoms with Crippen molar-refractivity contribution >= 4 is 15.9 Å². The first kappa shape index (κ1) is 6.68. The van der Waals surface area contributed by atoms with E-state index in [0.717, 1.165) is 5.69 Å². The Morgan fingerprint density at radius 3 is 2.67 bits per heavy atom. The molecule has 1 atom stereocenters. The molecule has 0 bridgehead atoms. The number of aromatic nitrogens is 2. The number of halogens is 1. The van der Waals surface area contributed by atoms with Gasteiger partial charge < -0.3 is 0 Å². The Kier molecular flexibility index (Phi) is 2.16. The predicted molar refractivity (Wildman–Crippen MR) is 39.4 cm³/mol. The highest BCUT2D eigenvalue weighted by atomic mass is 79.9. The maximum absolute atomic E-state index is 4.07. The maximum atomic E-state index is 4.07. The minimum absolute atomic E-state index is 0.297. The summed E-state index contributed by atoms with van der Waals surface area (Å²) in [5, 5.41) is 0. The van der Waals surface area contributed by atoms with Gasteiger partial charge in [0.2, 0.25) is 0 Å². The molecule has 0 saturated heterocycles. The highest BCUT2D eigenvalue weighted by molar-refractivity contribution is 9.09. The smallest absolute Gasteiger partial charge is 0.0720 e. The van der Waals surface area contributed by atoms with Gasteiger partial charge in [-0.05, 0) is 6.92 Å². The minimum Gasteiger partial charge on any atom is -0.261 e. The average molecular weight is 187 g/mol. The minimum atomic E-state index is 0.297. The molecular formula is C6H7BrN2. The lowest BCUT2D eigenvalue weighted by molar-refractivity contribution is 0.991. The van der Waals surface area contributed by atoms with E-state index in [0.29, 0.717) is 4.83 Å². The molecule has 1 aromatic rings. The zero-order chi connectivity index (χ0) is 6.69. The van der Waals surface area contributed by atoms with E-state index in [1.54, 1.807) is 18.6 Å². The molecule has 1 unspecified atom stereocenters. The average Bonchev–Trinajstić information content (AvgIpc) is 1.90. The molecule has 3 heteroatoms. The van der Waals surface area contributed by atoms with Crippen LogP contribution in [-0.2, 0) is 0 Å². The summed E-state index contributed by atoms with van der Waals surface area (Å²) in [6, 6.07) is 0. The molecule has 1 aromatic heterocycles. The van der Waals surface area contributed by atoms with Crippen molar-refractivity contribution < 1.29 is 0 Å². The van der Waals surface area contributed by atoms with Gasteiger partial charge >= 0.3 is 0 Å². The summed E-state index contributed by atoms with van der Waals surface area (Å²) in [5.41, 5.74) is 0.970. The van der Waals surface area contributed by atoms with E-state index in [1.165, 1.54) is 0 Å². The third-order valence-electron chi connectivity index (χ3n) is 0.991. The van der Waals surface area contributed by atoms with Crippen LogP contribution in [0, 0.1) is 0 Å². The van der Waals surface area contributed by atoms with Crippen LogP contribution in [0.4, 0.5) is 0 Å². The number of rotatable bonds is 1. The van der Waals surface area contributed by atoms with E-state index in [1.807, 2.05) is 6.92 Å². The predicted octanol–water partition coefficient (Wildman–Crippen LogP) is 1.93. The molecule has 0 aromatic carbocycles. The molecule has 1 heterocycles. The van der Waals surface area contributed by atoms with Crippen LogP contribution in [0.5, 0.6) is 0 Å². The quantitative estimate of drug-likeness (QED) is 0.627. The molecule has 0 aliphatic carbocycles. The number of nitrogens with zero attached hydrogens (tertiary/aromatic N) is 2. The van der Waals surface area contributed by atoms with Crippen molar-refractivity contribution in [1.82, 2.24) is 9.97 Å². The molecule has 48 valence electrons. The summed E-state index contributed by atoms with van der Waals surface area (Å²) in [5.74, 6) is 0. The summed E-state index contributed by atoms with van der Waals surface area (Å²) < 4.78 is 0. The molecule has 1 rings (SSSR count). The van der Waals surface area contributed by atoms with Crippen LogP contribution < -0.4 is 0 Å². The molecule has 0 saturated carbocycles. The lowest BCUT2D eigenvalue weighted by Crippen LogP contribution is -1.88. The zero-order valence-corrected chi connectivity index (χ0v) is 6.67. The fourth-order valence-electron chi connectivity index (χ4n) is 0.516. The molecule has 0 fully saturated rings. The summed E-state index contributed by atoms with van der Waals surface area (Å²) in [6.07, 6.45) is 5.10. The van der Waals surface area contributed by atoms with Gasteiger partial charge in [-0.2, -0.15) is 0 Å². The monoisotopic (exact) mass is 186 g/mol. The van der Waals surface area contributed by atoms with Crippen LogP contribution in [0.1, 0.15) is 17.4 Å². The van der Waals surface area contributed by atoms with Crippen molar-refractivity contribution in [3.05, 3.63) is 24.3 Å². The van der Waals surface area contributed by atoms with Crippen molar-refractivity contribution in [3.63, 3.8) is 0 Å². The van der Waals surface area contributed by atoms with Crippen molar-refractivity contribution in [2.24, 2.45) is 0 Å². The molecular weight excluding hydrogens is 180 g/mol.